The Labute approximate surface area is 168 Å². The summed E-state index contributed by atoms with van der Waals surface area (Å²) in [5.74, 6) is 1.43. The highest BCUT2D eigenvalue weighted by Gasteiger charge is 2.18. The Morgan fingerprint density at radius 3 is 2.79 bits per heavy atom. The van der Waals surface area contributed by atoms with E-state index in [1.54, 1.807) is 18.4 Å². The van der Waals surface area contributed by atoms with Crippen LogP contribution in [0.15, 0.2) is 51.5 Å². The molecule has 2 aromatic heterocycles. The maximum Gasteiger partial charge on any atom is 0.249 e. The van der Waals surface area contributed by atoms with Crippen molar-refractivity contribution in [3.05, 3.63) is 59.3 Å². The van der Waals surface area contributed by atoms with Crippen molar-refractivity contribution in [3.8, 4) is 11.5 Å². The van der Waals surface area contributed by atoms with Gasteiger partial charge >= 0.3 is 0 Å². The van der Waals surface area contributed by atoms with Crippen molar-refractivity contribution in [3.63, 3.8) is 0 Å². The molecule has 1 N–H and O–H groups in total. The van der Waals surface area contributed by atoms with E-state index < -0.39 is 0 Å². The summed E-state index contributed by atoms with van der Waals surface area (Å²) in [6, 6.07) is 10.7. The Morgan fingerprint density at radius 1 is 1.25 bits per heavy atom. The molecule has 1 aromatic carbocycles. The molecule has 0 fully saturated rings. The van der Waals surface area contributed by atoms with Crippen LogP contribution in [0.2, 0.25) is 5.02 Å². The minimum absolute atomic E-state index is 0.0943. The highest BCUT2D eigenvalue weighted by Crippen LogP contribution is 2.26. The fourth-order valence-electron chi connectivity index (χ4n) is 2.88. The van der Waals surface area contributed by atoms with Gasteiger partial charge in [0.15, 0.2) is 0 Å². The van der Waals surface area contributed by atoms with Crippen LogP contribution in [0.1, 0.15) is 38.0 Å². The summed E-state index contributed by atoms with van der Waals surface area (Å²) in [6.07, 6.45) is 2.49. The summed E-state index contributed by atoms with van der Waals surface area (Å²) in [7, 11) is 0. The molecule has 1 unspecified atom stereocenters. The molecule has 0 aliphatic carbocycles. The largest absolute Gasteiger partial charge is 0.467 e. The van der Waals surface area contributed by atoms with Crippen molar-refractivity contribution in [2.24, 2.45) is 0 Å². The Hall–Kier alpha value is -2.64. The zero-order valence-corrected chi connectivity index (χ0v) is 16.6. The summed E-state index contributed by atoms with van der Waals surface area (Å²) in [5, 5.41) is 11.7. The maximum absolute atomic E-state index is 12.4. The number of nitrogens with one attached hydrogen (secondary N) is 1. The number of halogens is 1. The molecular formula is C20H23ClN4O3. The number of aromatic nitrogens is 2. The van der Waals surface area contributed by atoms with Crippen LogP contribution < -0.4 is 5.32 Å². The lowest BCUT2D eigenvalue weighted by atomic mass is 10.2. The highest BCUT2D eigenvalue weighted by atomic mass is 35.5. The number of amides is 1. The first-order chi connectivity index (χ1) is 13.6. The van der Waals surface area contributed by atoms with Gasteiger partial charge in [0.25, 0.3) is 0 Å². The van der Waals surface area contributed by atoms with Gasteiger partial charge in [-0.3, -0.25) is 9.69 Å². The molecule has 0 bridgehead atoms. The third-order valence-electron chi connectivity index (χ3n) is 4.18. The zero-order chi connectivity index (χ0) is 19.9. The summed E-state index contributed by atoms with van der Waals surface area (Å²) in [5.41, 5.74) is 0.690. The number of carbonyl (C=O) groups excluding carboxylic acids is 1. The van der Waals surface area contributed by atoms with Crippen LogP contribution in [0.4, 0.5) is 0 Å². The van der Waals surface area contributed by atoms with Gasteiger partial charge in [-0.25, -0.2) is 0 Å². The molecule has 3 aromatic rings. The van der Waals surface area contributed by atoms with Crippen molar-refractivity contribution in [2.75, 3.05) is 13.1 Å². The third kappa shape index (κ3) is 5.21. The van der Waals surface area contributed by atoms with Crippen LogP contribution in [0.25, 0.3) is 11.5 Å². The molecule has 0 saturated carbocycles. The average molecular weight is 403 g/mol. The van der Waals surface area contributed by atoms with Gasteiger partial charge in [-0.15, -0.1) is 10.2 Å². The van der Waals surface area contributed by atoms with Crippen LogP contribution >= 0.6 is 11.6 Å². The predicted molar refractivity (Wildman–Crippen MR) is 106 cm³/mol. The maximum atomic E-state index is 12.4. The molecule has 0 spiro atoms. The molecule has 7 nitrogen and oxygen atoms in total. The second-order valence-corrected chi connectivity index (χ2v) is 6.90. The number of rotatable bonds is 9. The second kappa shape index (κ2) is 9.52. The molecule has 148 valence electrons. The molecule has 1 amide bonds. The quantitative estimate of drug-likeness (QED) is 0.580. The number of carbonyl (C=O) groups is 1. The van der Waals surface area contributed by atoms with Gasteiger partial charge in [0.2, 0.25) is 17.7 Å². The van der Waals surface area contributed by atoms with E-state index >= 15 is 0 Å². The van der Waals surface area contributed by atoms with Crippen molar-refractivity contribution >= 4 is 17.5 Å². The van der Waals surface area contributed by atoms with Crippen LogP contribution in [0, 0.1) is 0 Å². The molecule has 0 radical (unpaired) electrons. The topological polar surface area (TPSA) is 84.4 Å². The first-order valence-corrected chi connectivity index (χ1v) is 9.57. The third-order valence-corrected chi connectivity index (χ3v) is 4.51. The van der Waals surface area contributed by atoms with Gasteiger partial charge < -0.3 is 14.2 Å². The van der Waals surface area contributed by atoms with Crippen molar-refractivity contribution in [1.29, 1.82) is 0 Å². The monoisotopic (exact) mass is 402 g/mol. The minimum Gasteiger partial charge on any atom is -0.467 e. The Balaban J connectivity index is 1.61. The van der Waals surface area contributed by atoms with E-state index in [0.717, 1.165) is 18.7 Å². The molecule has 0 saturated heterocycles. The lowest BCUT2D eigenvalue weighted by Gasteiger charge is -2.20. The van der Waals surface area contributed by atoms with E-state index in [4.69, 9.17) is 20.4 Å². The fourth-order valence-corrected chi connectivity index (χ4v) is 3.10. The van der Waals surface area contributed by atoms with E-state index in [1.807, 2.05) is 36.1 Å². The second-order valence-electron chi connectivity index (χ2n) is 6.50. The highest BCUT2D eigenvalue weighted by molar-refractivity contribution is 6.33. The van der Waals surface area contributed by atoms with Gasteiger partial charge in [0.05, 0.1) is 36.0 Å². The predicted octanol–water partition coefficient (Wildman–Crippen LogP) is 4.07. The average Bonchev–Trinajstić information content (AvgIpc) is 3.34. The lowest BCUT2D eigenvalue weighted by Crippen LogP contribution is -2.38. The van der Waals surface area contributed by atoms with Crippen molar-refractivity contribution in [2.45, 2.75) is 32.9 Å². The van der Waals surface area contributed by atoms with Gasteiger partial charge in [-0.05, 0) is 44.2 Å². The lowest BCUT2D eigenvalue weighted by molar-refractivity contribution is -0.123. The van der Waals surface area contributed by atoms with Crippen molar-refractivity contribution < 1.29 is 13.6 Å². The molecule has 3 rings (SSSR count). The molecule has 2 heterocycles. The standard InChI is InChI=1S/C20H23ClN4O3/c1-3-10-25(12-18(26)22-14(2)17-9-6-11-27-17)13-19-23-24-20(28-19)15-7-4-5-8-16(15)21/h4-9,11,14H,3,10,12-13H2,1-2H3,(H,22,26). The Morgan fingerprint density at radius 2 is 2.07 bits per heavy atom. The van der Waals surface area contributed by atoms with E-state index in [9.17, 15) is 4.79 Å². The van der Waals surface area contributed by atoms with Gasteiger partial charge in [0.1, 0.15) is 5.76 Å². The first-order valence-electron chi connectivity index (χ1n) is 9.19. The summed E-state index contributed by atoms with van der Waals surface area (Å²) in [6.45, 7) is 5.27. The molecule has 1 atom stereocenters. The summed E-state index contributed by atoms with van der Waals surface area (Å²) >= 11 is 6.18. The molecule has 28 heavy (non-hydrogen) atoms. The smallest absolute Gasteiger partial charge is 0.249 e. The van der Waals surface area contributed by atoms with Crippen LogP contribution in [-0.4, -0.2) is 34.1 Å². The van der Waals surface area contributed by atoms with E-state index in [0.29, 0.717) is 28.9 Å². The van der Waals surface area contributed by atoms with Gasteiger partial charge in [-0.1, -0.05) is 30.7 Å². The first kappa shape index (κ1) is 20.1. The minimum atomic E-state index is -0.193. The Bertz CT molecular complexity index is 895. The molecule has 0 aliphatic rings. The number of nitrogens with zero attached hydrogens (tertiary/aromatic N) is 3. The summed E-state index contributed by atoms with van der Waals surface area (Å²) < 4.78 is 11.1. The summed E-state index contributed by atoms with van der Waals surface area (Å²) in [4.78, 5) is 14.4. The van der Waals surface area contributed by atoms with E-state index in [2.05, 4.69) is 22.4 Å². The number of hydrogen-bond acceptors (Lipinski definition) is 6. The van der Waals surface area contributed by atoms with Gasteiger partial charge in [-0.2, -0.15) is 0 Å². The van der Waals surface area contributed by atoms with Crippen LogP contribution in [0.3, 0.4) is 0 Å². The number of furan rings is 1. The SMILES string of the molecule is CCCN(CC(=O)NC(C)c1ccco1)Cc1nnc(-c2ccccc2Cl)o1. The van der Waals surface area contributed by atoms with Gasteiger partial charge in [0, 0.05) is 0 Å². The Kier molecular flexibility index (Phi) is 6.84. The van der Waals surface area contributed by atoms with Crippen LogP contribution in [0.5, 0.6) is 0 Å². The number of hydrogen-bond donors (Lipinski definition) is 1. The van der Waals surface area contributed by atoms with Crippen molar-refractivity contribution in [1.82, 2.24) is 20.4 Å². The molecular weight excluding hydrogens is 380 g/mol. The molecule has 8 heteroatoms. The molecule has 0 aliphatic heterocycles. The van der Waals surface area contributed by atoms with Crippen LogP contribution in [-0.2, 0) is 11.3 Å². The van der Waals surface area contributed by atoms with E-state index in [-0.39, 0.29) is 18.5 Å². The number of benzene rings is 1. The van der Waals surface area contributed by atoms with E-state index in [1.165, 1.54) is 0 Å². The normalized spacial score (nSPS) is 12.3. The zero-order valence-electron chi connectivity index (χ0n) is 15.9. The fraction of sp³-hybridized carbons (Fsp3) is 0.350.